The molecule has 3 nitrogen and oxygen atoms in total. The zero-order chi connectivity index (χ0) is 13.1. The molecule has 1 aromatic carbocycles. The highest BCUT2D eigenvalue weighted by atomic mass is 16.1. The van der Waals surface area contributed by atoms with Gasteiger partial charge in [0.15, 0.2) is 5.78 Å². The Morgan fingerprint density at radius 1 is 1.22 bits per heavy atom. The third kappa shape index (κ3) is 2.74. The number of carbonyl (C=O) groups is 1. The first-order valence-corrected chi connectivity index (χ1v) is 5.86. The van der Waals surface area contributed by atoms with E-state index >= 15 is 0 Å². The lowest BCUT2D eigenvalue weighted by Crippen LogP contribution is -1.96. The van der Waals surface area contributed by atoms with Crippen LogP contribution in [0, 0.1) is 13.8 Å². The normalized spacial score (nSPS) is 11.1. The number of rotatable bonds is 3. The van der Waals surface area contributed by atoms with Gasteiger partial charge in [0.05, 0.1) is 11.4 Å². The second-order valence-corrected chi connectivity index (χ2v) is 4.40. The molecule has 0 aliphatic rings. The van der Waals surface area contributed by atoms with E-state index in [1.165, 1.54) is 0 Å². The van der Waals surface area contributed by atoms with E-state index in [0.717, 1.165) is 17.0 Å². The number of hydrogen-bond acceptors (Lipinski definition) is 2. The van der Waals surface area contributed by atoms with Crippen LogP contribution < -0.4 is 0 Å². The summed E-state index contributed by atoms with van der Waals surface area (Å²) in [5, 5.41) is 4.23. The van der Waals surface area contributed by atoms with E-state index in [-0.39, 0.29) is 5.78 Å². The molecule has 0 saturated carbocycles. The van der Waals surface area contributed by atoms with Gasteiger partial charge in [0.2, 0.25) is 0 Å². The number of aromatic nitrogens is 2. The predicted octanol–water partition coefficient (Wildman–Crippen LogP) is 2.93. The molecule has 0 amide bonds. The molecule has 0 spiro atoms. The zero-order valence-corrected chi connectivity index (χ0v) is 10.8. The Morgan fingerprint density at radius 2 is 1.89 bits per heavy atom. The van der Waals surface area contributed by atoms with Crippen molar-refractivity contribution in [3.8, 4) is 0 Å². The number of carbonyl (C=O) groups excluding carboxylic acids is 1. The molecule has 0 unspecified atom stereocenters. The van der Waals surface area contributed by atoms with Gasteiger partial charge in [-0.2, -0.15) is 5.10 Å². The molecule has 3 heteroatoms. The van der Waals surface area contributed by atoms with Crippen molar-refractivity contribution in [3.63, 3.8) is 0 Å². The standard InChI is InChI=1S/C15H16N2O/c1-11-4-6-13(7-5-11)15(18)9-8-14-10-12(2)16-17(14)3/h4-10H,1-3H3/b9-8+. The molecule has 0 aliphatic heterocycles. The fourth-order valence-electron chi connectivity index (χ4n) is 1.76. The van der Waals surface area contributed by atoms with Gasteiger partial charge in [-0.15, -0.1) is 0 Å². The van der Waals surface area contributed by atoms with Gasteiger partial charge in [-0.1, -0.05) is 29.8 Å². The number of aryl methyl sites for hydroxylation is 3. The summed E-state index contributed by atoms with van der Waals surface area (Å²) in [5.74, 6) is 0.00820. The van der Waals surface area contributed by atoms with E-state index in [1.807, 2.05) is 51.2 Å². The molecule has 0 radical (unpaired) electrons. The van der Waals surface area contributed by atoms with Crippen molar-refractivity contribution in [2.24, 2.45) is 7.05 Å². The summed E-state index contributed by atoms with van der Waals surface area (Å²) in [6.45, 7) is 3.93. The third-order valence-electron chi connectivity index (χ3n) is 2.78. The highest BCUT2D eigenvalue weighted by Crippen LogP contribution is 2.08. The molecule has 1 heterocycles. The first-order valence-electron chi connectivity index (χ1n) is 5.86. The van der Waals surface area contributed by atoms with E-state index in [2.05, 4.69) is 5.10 Å². The number of allylic oxidation sites excluding steroid dienone is 1. The number of ketones is 1. The lowest BCUT2D eigenvalue weighted by atomic mass is 10.1. The molecule has 0 aliphatic carbocycles. The summed E-state index contributed by atoms with van der Waals surface area (Å²) < 4.78 is 1.76. The van der Waals surface area contributed by atoms with Crippen LogP contribution in [-0.2, 0) is 7.05 Å². The molecule has 2 rings (SSSR count). The maximum Gasteiger partial charge on any atom is 0.185 e. The SMILES string of the molecule is Cc1ccc(C(=O)/C=C/c2cc(C)nn2C)cc1. The van der Waals surface area contributed by atoms with Crippen molar-refractivity contribution < 1.29 is 4.79 Å². The van der Waals surface area contributed by atoms with Gasteiger partial charge in [0.25, 0.3) is 0 Å². The van der Waals surface area contributed by atoms with Crippen molar-refractivity contribution in [2.75, 3.05) is 0 Å². The topological polar surface area (TPSA) is 34.9 Å². The van der Waals surface area contributed by atoms with Crippen LogP contribution >= 0.6 is 0 Å². The predicted molar refractivity (Wildman–Crippen MR) is 72.5 cm³/mol. The van der Waals surface area contributed by atoms with Crippen LogP contribution in [0.5, 0.6) is 0 Å². The number of hydrogen-bond donors (Lipinski definition) is 0. The maximum absolute atomic E-state index is 11.9. The second-order valence-electron chi connectivity index (χ2n) is 4.40. The van der Waals surface area contributed by atoms with Crippen molar-refractivity contribution in [2.45, 2.75) is 13.8 Å². The van der Waals surface area contributed by atoms with E-state index in [1.54, 1.807) is 16.8 Å². The Morgan fingerprint density at radius 3 is 2.44 bits per heavy atom. The van der Waals surface area contributed by atoms with Crippen molar-refractivity contribution >= 4 is 11.9 Å². The van der Waals surface area contributed by atoms with E-state index in [0.29, 0.717) is 5.56 Å². The smallest absolute Gasteiger partial charge is 0.185 e. The van der Waals surface area contributed by atoms with E-state index < -0.39 is 0 Å². The van der Waals surface area contributed by atoms with E-state index in [4.69, 9.17) is 0 Å². The van der Waals surface area contributed by atoms with Crippen molar-refractivity contribution in [1.82, 2.24) is 9.78 Å². The molecule has 0 fully saturated rings. The average molecular weight is 240 g/mol. The summed E-state index contributed by atoms with van der Waals surface area (Å²) in [7, 11) is 1.86. The summed E-state index contributed by atoms with van der Waals surface area (Å²) >= 11 is 0. The quantitative estimate of drug-likeness (QED) is 0.610. The minimum atomic E-state index is 0.00820. The zero-order valence-electron chi connectivity index (χ0n) is 10.8. The molecular formula is C15H16N2O. The van der Waals surface area contributed by atoms with Crippen LogP contribution in [0.4, 0.5) is 0 Å². The molecule has 2 aromatic rings. The van der Waals surface area contributed by atoms with Gasteiger partial charge in [-0.25, -0.2) is 0 Å². The first-order chi connectivity index (χ1) is 8.56. The highest BCUT2D eigenvalue weighted by Gasteiger charge is 2.02. The van der Waals surface area contributed by atoms with Gasteiger partial charge in [-0.05, 0) is 32.1 Å². The Balaban J connectivity index is 2.16. The molecule has 0 saturated heterocycles. The van der Waals surface area contributed by atoms with Gasteiger partial charge in [0.1, 0.15) is 0 Å². The highest BCUT2D eigenvalue weighted by molar-refractivity contribution is 6.06. The monoisotopic (exact) mass is 240 g/mol. The van der Waals surface area contributed by atoms with Gasteiger partial charge < -0.3 is 0 Å². The second kappa shape index (κ2) is 5.00. The van der Waals surface area contributed by atoms with Crippen LogP contribution in [-0.4, -0.2) is 15.6 Å². The molecule has 92 valence electrons. The molecule has 18 heavy (non-hydrogen) atoms. The summed E-state index contributed by atoms with van der Waals surface area (Å²) in [5.41, 5.74) is 3.72. The lowest BCUT2D eigenvalue weighted by molar-refractivity contribution is 0.104. The maximum atomic E-state index is 11.9. The summed E-state index contributed by atoms with van der Waals surface area (Å²) in [6.07, 6.45) is 3.38. The molecule has 1 aromatic heterocycles. The Bertz CT molecular complexity index is 591. The average Bonchev–Trinajstić information content (AvgIpc) is 2.66. The summed E-state index contributed by atoms with van der Waals surface area (Å²) in [4.78, 5) is 11.9. The summed E-state index contributed by atoms with van der Waals surface area (Å²) in [6, 6.07) is 9.51. The number of benzene rings is 1. The lowest BCUT2D eigenvalue weighted by Gasteiger charge is -1.97. The van der Waals surface area contributed by atoms with Crippen LogP contribution in [0.15, 0.2) is 36.4 Å². The minimum absolute atomic E-state index is 0.00820. The van der Waals surface area contributed by atoms with Crippen LogP contribution in [0.3, 0.4) is 0 Å². The Labute approximate surface area is 107 Å². The van der Waals surface area contributed by atoms with Gasteiger partial charge in [0, 0.05) is 12.6 Å². The number of nitrogens with zero attached hydrogens (tertiary/aromatic N) is 2. The largest absolute Gasteiger partial charge is 0.289 e. The Hall–Kier alpha value is -2.16. The molecular weight excluding hydrogens is 224 g/mol. The fraction of sp³-hybridized carbons (Fsp3) is 0.200. The molecule has 0 bridgehead atoms. The van der Waals surface area contributed by atoms with Crippen molar-refractivity contribution in [3.05, 3.63) is 58.9 Å². The molecule has 0 N–H and O–H groups in total. The van der Waals surface area contributed by atoms with Gasteiger partial charge in [-0.3, -0.25) is 9.48 Å². The fourth-order valence-corrected chi connectivity index (χ4v) is 1.76. The van der Waals surface area contributed by atoms with Crippen LogP contribution in [0.2, 0.25) is 0 Å². The van der Waals surface area contributed by atoms with Crippen LogP contribution in [0.1, 0.15) is 27.3 Å². The molecule has 0 atom stereocenters. The van der Waals surface area contributed by atoms with Crippen molar-refractivity contribution in [1.29, 1.82) is 0 Å². The minimum Gasteiger partial charge on any atom is -0.289 e. The first kappa shape index (κ1) is 12.3. The Kier molecular flexibility index (Phi) is 3.42. The third-order valence-corrected chi connectivity index (χ3v) is 2.78. The van der Waals surface area contributed by atoms with Crippen LogP contribution in [0.25, 0.3) is 6.08 Å². The van der Waals surface area contributed by atoms with Gasteiger partial charge >= 0.3 is 0 Å². The van der Waals surface area contributed by atoms with E-state index in [9.17, 15) is 4.79 Å².